The quantitative estimate of drug-likeness (QED) is 0.531. The Hall–Kier alpha value is -1.07. The maximum absolute atomic E-state index is 11.3. The van der Waals surface area contributed by atoms with Crippen molar-refractivity contribution in [2.75, 3.05) is 19.8 Å². The summed E-state index contributed by atoms with van der Waals surface area (Å²) in [7, 11) is -4.25. The van der Waals surface area contributed by atoms with Crippen molar-refractivity contribution in [2.45, 2.75) is 55.5 Å². The summed E-state index contributed by atoms with van der Waals surface area (Å²) in [5.74, 6) is 0. The Balaban J connectivity index is 0.000000254. The fourth-order valence-corrected chi connectivity index (χ4v) is 3.69. The van der Waals surface area contributed by atoms with Crippen LogP contribution in [-0.2, 0) is 26.0 Å². The molecule has 1 aromatic carbocycles. The van der Waals surface area contributed by atoms with Gasteiger partial charge in [-0.05, 0) is 31.4 Å². The second-order valence-corrected chi connectivity index (χ2v) is 7.89. The van der Waals surface area contributed by atoms with E-state index >= 15 is 0 Å². The van der Waals surface area contributed by atoms with Crippen molar-refractivity contribution in [3.63, 3.8) is 0 Å². The zero-order chi connectivity index (χ0) is 19.3. The average molecular weight is 390 g/mol. The number of aryl methyl sites for hydroxylation is 1. The van der Waals surface area contributed by atoms with Crippen LogP contribution in [0.15, 0.2) is 23.1 Å². The molecule has 2 saturated heterocycles. The van der Waals surface area contributed by atoms with Crippen molar-refractivity contribution in [3.8, 4) is 0 Å². The van der Waals surface area contributed by atoms with Gasteiger partial charge in [-0.2, -0.15) is 8.42 Å². The minimum atomic E-state index is -4.25. The Morgan fingerprint density at radius 2 is 1.65 bits per heavy atom. The van der Waals surface area contributed by atoms with Gasteiger partial charge in [0, 0.05) is 19.6 Å². The van der Waals surface area contributed by atoms with E-state index in [1.165, 1.54) is 6.07 Å². The van der Waals surface area contributed by atoms with Gasteiger partial charge in [0.1, 0.15) is 6.10 Å². The maximum Gasteiger partial charge on any atom is 0.294 e. The lowest BCUT2D eigenvalue weighted by molar-refractivity contribution is 0.00406. The molecule has 0 saturated carbocycles. The van der Waals surface area contributed by atoms with Gasteiger partial charge in [-0.3, -0.25) is 4.55 Å². The summed E-state index contributed by atoms with van der Waals surface area (Å²) < 4.78 is 42.0. The highest BCUT2D eigenvalue weighted by atomic mass is 32.2. The van der Waals surface area contributed by atoms with E-state index in [4.69, 9.17) is 24.2 Å². The van der Waals surface area contributed by atoms with Crippen LogP contribution in [0.4, 0.5) is 0 Å². The van der Waals surface area contributed by atoms with Gasteiger partial charge in [-0.25, -0.2) is 0 Å². The summed E-state index contributed by atoms with van der Waals surface area (Å²) in [6.45, 7) is 2.82. The van der Waals surface area contributed by atoms with Crippen molar-refractivity contribution in [1.82, 2.24) is 0 Å². The molecule has 0 radical (unpaired) electrons. The number of aliphatic hydroxyl groups is 3. The van der Waals surface area contributed by atoms with Crippen molar-refractivity contribution in [1.29, 1.82) is 0 Å². The molecule has 2 fully saturated rings. The first-order chi connectivity index (χ1) is 12.2. The highest BCUT2D eigenvalue weighted by molar-refractivity contribution is 7.85. The topological polar surface area (TPSA) is 134 Å². The molecule has 0 unspecified atom stereocenters. The van der Waals surface area contributed by atoms with Crippen LogP contribution in [-0.4, -0.2) is 72.5 Å². The molecule has 1 aromatic rings. The Morgan fingerprint density at radius 1 is 1.08 bits per heavy atom. The lowest BCUT2D eigenvalue weighted by Crippen LogP contribution is -2.24. The van der Waals surface area contributed by atoms with Gasteiger partial charge in [-0.1, -0.05) is 17.7 Å². The molecule has 3 rings (SSSR count). The molecule has 4 N–H and O–H groups in total. The second kappa shape index (κ2) is 9.23. The van der Waals surface area contributed by atoms with E-state index < -0.39 is 28.4 Å². The van der Waals surface area contributed by atoms with Crippen molar-refractivity contribution >= 4 is 10.1 Å². The van der Waals surface area contributed by atoms with E-state index in [0.29, 0.717) is 31.6 Å². The molecule has 26 heavy (non-hydrogen) atoms. The lowest BCUT2D eigenvalue weighted by Gasteiger charge is -2.16. The van der Waals surface area contributed by atoms with Gasteiger partial charge in [0.05, 0.1) is 29.8 Å². The number of rotatable bonds is 4. The molecule has 4 atom stereocenters. The molecule has 8 nitrogen and oxygen atoms in total. The summed E-state index contributed by atoms with van der Waals surface area (Å²) in [5.41, 5.74) is 1.37. The summed E-state index contributed by atoms with van der Waals surface area (Å²) in [6.07, 6.45) is -0.275. The summed E-state index contributed by atoms with van der Waals surface area (Å²) in [4.78, 5) is -0.115. The fourth-order valence-electron chi connectivity index (χ4n) is 2.98. The number of aliphatic hydroxyl groups excluding tert-OH is 3. The van der Waals surface area contributed by atoms with Crippen LogP contribution in [0.25, 0.3) is 0 Å². The first-order valence-corrected chi connectivity index (χ1v) is 9.93. The van der Waals surface area contributed by atoms with E-state index in [2.05, 4.69) is 0 Å². The third-order valence-electron chi connectivity index (χ3n) is 4.44. The summed E-state index contributed by atoms with van der Waals surface area (Å²) in [6, 6.07) is 4.69. The smallest absolute Gasteiger partial charge is 0.294 e. The normalized spacial score (nSPS) is 28.7. The largest absolute Gasteiger partial charge is 0.394 e. The Bertz CT molecular complexity index is 690. The van der Waals surface area contributed by atoms with Gasteiger partial charge >= 0.3 is 0 Å². The predicted octanol–water partition coefficient (Wildman–Crippen LogP) is 0.0625. The molecule has 0 aliphatic carbocycles. The standard InChI is InChI=1S/C12H16O5S.C5H10O3/c1-8-2-3-12(18(14,15)16)9(6-8)7-11-10(13)4-5-17-11;6-3-5-4(7)1-2-8-5/h2-3,6,10-11,13H,4-5,7H2,1H3,(H,14,15,16);4-7H,1-3H2/t10-,11+;4-,5+/m00/s1. The van der Waals surface area contributed by atoms with Crippen LogP contribution in [0.3, 0.4) is 0 Å². The van der Waals surface area contributed by atoms with Gasteiger partial charge < -0.3 is 24.8 Å². The summed E-state index contributed by atoms with van der Waals surface area (Å²) >= 11 is 0. The third kappa shape index (κ3) is 5.71. The van der Waals surface area contributed by atoms with E-state index in [9.17, 15) is 13.5 Å². The van der Waals surface area contributed by atoms with Gasteiger partial charge in [0.2, 0.25) is 0 Å². The summed E-state index contributed by atoms with van der Waals surface area (Å²) in [5, 5.41) is 27.0. The third-order valence-corrected chi connectivity index (χ3v) is 5.40. The average Bonchev–Trinajstić information content (AvgIpc) is 3.15. The van der Waals surface area contributed by atoms with E-state index in [1.54, 1.807) is 12.1 Å². The van der Waals surface area contributed by atoms with Crippen LogP contribution in [0.5, 0.6) is 0 Å². The van der Waals surface area contributed by atoms with Crippen LogP contribution < -0.4 is 0 Å². The van der Waals surface area contributed by atoms with E-state index in [-0.39, 0.29) is 24.0 Å². The van der Waals surface area contributed by atoms with Gasteiger partial charge in [-0.15, -0.1) is 0 Å². The molecule has 2 aliphatic rings. The molecule has 0 spiro atoms. The lowest BCUT2D eigenvalue weighted by atomic mass is 10.0. The highest BCUT2D eigenvalue weighted by Crippen LogP contribution is 2.23. The SMILES string of the molecule is Cc1ccc(S(=O)(=O)O)c(C[C@H]2OCC[C@@H]2O)c1.OC[C@H]1OCC[C@@H]1O. The number of hydrogen-bond acceptors (Lipinski definition) is 7. The van der Waals surface area contributed by atoms with Crippen LogP contribution in [0.2, 0.25) is 0 Å². The molecule has 2 heterocycles. The monoisotopic (exact) mass is 390 g/mol. The van der Waals surface area contributed by atoms with Crippen LogP contribution >= 0.6 is 0 Å². The van der Waals surface area contributed by atoms with Crippen molar-refractivity contribution in [3.05, 3.63) is 29.3 Å². The first-order valence-electron chi connectivity index (χ1n) is 8.49. The molecule has 0 aromatic heterocycles. The van der Waals surface area contributed by atoms with Crippen LogP contribution in [0.1, 0.15) is 24.0 Å². The molecule has 0 bridgehead atoms. The predicted molar refractivity (Wildman–Crippen MR) is 92.5 cm³/mol. The van der Waals surface area contributed by atoms with E-state index in [1.807, 2.05) is 6.92 Å². The molecule has 2 aliphatic heterocycles. The maximum atomic E-state index is 11.3. The number of ether oxygens (including phenoxy) is 2. The van der Waals surface area contributed by atoms with Crippen molar-refractivity contribution in [2.24, 2.45) is 0 Å². The van der Waals surface area contributed by atoms with Crippen molar-refractivity contribution < 1.29 is 37.8 Å². The Morgan fingerprint density at radius 3 is 2.08 bits per heavy atom. The van der Waals surface area contributed by atoms with Gasteiger partial charge in [0.25, 0.3) is 10.1 Å². The second-order valence-electron chi connectivity index (χ2n) is 6.50. The highest BCUT2D eigenvalue weighted by Gasteiger charge is 2.28. The van der Waals surface area contributed by atoms with Gasteiger partial charge in [0.15, 0.2) is 0 Å². The number of benzene rings is 1. The minimum Gasteiger partial charge on any atom is -0.394 e. The minimum absolute atomic E-state index is 0.0683. The molecule has 0 amide bonds. The molecule has 148 valence electrons. The first kappa shape index (κ1) is 21.2. The molecular weight excluding hydrogens is 364 g/mol. The molecular formula is C17H26O8S. The molecule has 9 heteroatoms. The fraction of sp³-hybridized carbons (Fsp3) is 0.647. The Kier molecular flexibility index (Phi) is 7.53. The zero-order valence-corrected chi connectivity index (χ0v) is 15.4. The number of hydrogen-bond donors (Lipinski definition) is 4. The zero-order valence-electron chi connectivity index (χ0n) is 14.6. The Labute approximate surface area is 153 Å². The van der Waals surface area contributed by atoms with E-state index in [0.717, 1.165) is 5.56 Å². The van der Waals surface area contributed by atoms with Crippen LogP contribution in [0, 0.1) is 6.92 Å².